The van der Waals surface area contributed by atoms with Crippen LogP contribution in [0.5, 0.6) is 0 Å². The van der Waals surface area contributed by atoms with Crippen molar-refractivity contribution < 1.29 is 0 Å². The van der Waals surface area contributed by atoms with Gasteiger partial charge in [0.25, 0.3) is 0 Å². The van der Waals surface area contributed by atoms with Gasteiger partial charge in [0.05, 0.1) is 5.54 Å². The van der Waals surface area contributed by atoms with Crippen LogP contribution in [0.3, 0.4) is 0 Å². The van der Waals surface area contributed by atoms with Gasteiger partial charge in [0, 0.05) is 38.0 Å². The van der Waals surface area contributed by atoms with Crippen molar-refractivity contribution in [3.05, 3.63) is 12.2 Å². The lowest BCUT2D eigenvalue weighted by Gasteiger charge is -2.40. The lowest BCUT2D eigenvalue weighted by molar-refractivity contribution is 0.173. The average Bonchev–Trinajstić information content (AvgIpc) is 2.82. The largest absolute Gasteiger partial charge is 0.297 e. The van der Waals surface area contributed by atoms with E-state index < -0.39 is 7.05 Å². The van der Waals surface area contributed by atoms with Crippen LogP contribution in [0.4, 0.5) is 0 Å². The maximum absolute atomic E-state index is 5.45. The third-order valence-corrected chi connectivity index (χ3v) is 12.6. The average molecular weight is 508 g/mol. The Labute approximate surface area is 221 Å². The maximum atomic E-state index is 5.45. The number of hydrogen-bond acceptors (Lipinski definition) is 3. The molecule has 0 saturated carbocycles. The molecule has 0 spiro atoms. The predicted molar refractivity (Wildman–Crippen MR) is 165 cm³/mol. The Bertz CT molecular complexity index is 732. The molecule has 0 fully saturated rings. The van der Waals surface area contributed by atoms with Gasteiger partial charge in [0.1, 0.15) is 0 Å². The molecule has 4 unspecified atom stereocenters. The zero-order valence-electron chi connectivity index (χ0n) is 25.9. The van der Waals surface area contributed by atoms with Gasteiger partial charge in [-0.25, -0.2) is 0 Å². The van der Waals surface area contributed by atoms with E-state index in [-0.39, 0.29) is 11.0 Å². The van der Waals surface area contributed by atoms with Gasteiger partial charge in [-0.3, -0.25) is 14.7 Å². The van der Waals surface area contributed by atoms with Crippen molar-refractivity contribution in [2.45, 2.75) is 140 Å². The summed E-state index contributed by atoms with van der Waals surface area (Å²) in [6.45, 7) is 33.1. The Morgan fingerprint density at radius 2 is 1.57 bits per heavy atom. The summed E-state index contributed by atoms with van der Waals surface area (Å²) in [6, 6.07) is 0.349. The third-order valence-electron chi connectivity index (χ3n) is 9.08. The van der Waals surface area contributed by atoms with Crippen molar-refractivity contribution in [1.29, 1.82) is 0 Å². The molecule has 206 valence electrons. The molecule has 0 aliphatic heterocycles. The summed E-state index contributed by atoms with van der Waals surface area (Å²) < 4.78 is 5.45. The second-order valence-electron chi connectivity index (χ2n) is 12.4. The molecule has 0 rings (SSSR count). The molecule has 4 heteroatoms. The molecular formula is C31H62N3P. The highest BCUT2D eigenvalue weighted by molar-refractivity contribution is 7.80. The minimum absolute atomic E-state index is 0.0833. The summed E-state index contributed by atoms with van der Waals surface area (Å²) in [5.41, 5.74) is 1.55. The number of allylic oxidation sites excluding steroid dienone is 1. The highest BCUT2D eigenvalue weighted by Crippen LogP contribution is 2.49. The van der Waals surface area contributed by atoms with Crippen molar-refractivity contribution in [2.24, 2.45) is 31.5 Å². The summed E-state index contributed by atoms with van der Waals surface area (Å²) in [5.74, 6) is 3.01. The van der Waals surface area contributed by atoms with Gasteiger partial charge < -0.3 is 0 Å². The lowest BCUT2D eigenvalue weighted by Crippen LogP contribution is -2.39. The van der Waals surface area contributed by atoms with Crippen molar-refractivity contribution in [3.63, 3.8) is 0 Å². The number of nitrogens with zero attached hydrogens (tertiary/aromatic N) is 3. The van der Waals surface area contributed by atoms with E-state index in [1.54, 1.807) is 0 Å². The molecule has 0 heterocycles. The molecule has 3 nitrogen and oxygen atoms in total. The molecule has 0 aromatic rings. The molecule has 0 aromatic heterocycles. The molecule has 0 N–H and O–H groups in total. The SMILES string of the molecule is C=C(C=NC(C)(CC)C(C)(C)CC)CP(C=NC(C)CC)(CCC)=NCCCC(C)(C)C(C)CC. The first kappa shape index (κ1) is 34.3. The van der Waals surface area contributed by atoms with E-state index >= 15 is 0 Å². The molecule has 0 bridgehead atoms. The Morgan fingerprint density at radius 3 is 2.06 bits per heavy atom. The van der Waals surface area contributed by atoms with E-state index in [1.165, 1.54) is 12.8 Å². The molecule has 4 atom stereocenters. The van der Waals surface area contributed by atoms with Crippen molar-refractivity contribution >= 4 is 19.2 Å². The Kier molecular flexibility index (Phi) is 15.2. The molecule has 0 aliphatic carbocycles. The highest BCUT2D eigenvalue weighted by Gasteiger charge is 2.37. The maximum Gasteiger partial charge on any atom is 0.0628 e. The zero-order chi connectivity index (χ0) is 27.3. The second-order valence-corrected chi connectivity index (χ2v) is 15.7. The Balaban J connectivity index is 5.94. The first-order valence-electron chi connectivity index (χ1n) is 14.5. The van der Waals surface area contributed by atoms with Gasteiger partial charge in [-0.1, -0.05) is 88.7 Å². The smallest absolute Gasteiger partial charge is 0.0628 e. The number of hydrogen-bond donors (Lipinski definition) is 0. The molecule has 35 heavy (non-hydrogen) atoms. The van der Waals surface area contributed by atoms with Gasteiger partial charge in [-0.05, 0) is 74.4 Å². The normalized spacial score (nSPS) is 18.4. The van der Waals surface area contributed by atoms with Gasteiger partial charge in [-0.15, -0.1) is 0 Å². The minimum Gasteiger partial charge on any atom is -0.297 e. The van der Waals surface area contributed by atoms with Crippen molar-refractivity contribution in [1.82, 2.24) is 0 Å². The molecular weight excluding hydrogens is 445 g/mol. The standard InChI is InChI=1S/C31H62N3P/c1-14-22-35(25-32-28(8)16-3,34-21-19-20-29(9,10)27(7)15-2)24-26(6)23-33-31(13,18-5)30(11,12)17-4/h23,25,27-28H,6,14-22,24H2,1-5,7-13H3. The van der Waals surface area contributed by atoms with Gasteiger partial charge >= 0.3 is 0 Å². The van der Waals surface area contributed by atoms with Crippen molar-refractivity contribution in [2.75, 3.05) is 18.9 Å². The van der Waals surface area contributed by atoms with E-state index in [9.17, 15) is 0 Å². The summed E-state index contributed by atoms with van der Waals surface area (Å²) in [6.07, 6.45) is 12.0. The third kappa shape index (κ3) is 11.1. The topological polar surface area (TPSA) is 37.1 Å². The first-order valence-corrected chi connectivity index (χ1v) is 16.7. The Morgan fingerprint density at radius 1 is 0.943 bits per heavy atom. The van der Waals surface area contributed by atoms with Crippen LogP contribution in [-0.4, -0.2) is 42.6 Å². The summed E-state index contributed by atoms with van der Waals surface area (Å²) in [4.78, 5) is 10.1. The van der Waals surface area contributed by atoms with Gasteiger partial charge in [0.2, 0.25) is 0 Å². The highest BCUT2D eigenvalue weighted by atomic mass is 31.2. The predicted octanol–water partition coefficient (Wildman–Crippen LogP) is 10.5. The molecule has 0 aliphatic rings. The van der Waals surface area contributed by atoms with Crippen LogP contribution in [0.2, 0.25) is 0 Å². The van der Waals surface area contributed by atoms with Crippen LogP contribution in [0.1, 0.15) is 128 Å². The van der Waals surface area contributed by atoms with E-state index in [1.807, 2.05) is 0 Å². The van der Waals surface area contributed by atoms with E-state index in [4.69, 9.17) is 14.7 Å². The fourth-order valence-electron chi connectivity index (χ4n) is 4.42. The van der Waals surface area contributed by atoms with Crippen LogP contribution < -0.4 is 0 Å². The molecule has 0 radical (unpaired) electrons. The minimum atomic E-state index is -1.73. The fourth-order valence-corrected chi connectivity index (χ4v) is 7.67. The summed E-state index contributed by atoms with van der Waals surface area (Å²) in [5, 5.41) is 0. The monoisotopic (exact) mass is 507 g/mol. The molecule has 0 amide bonds. The molecule has 0 aromatic carbocycles. The molecule has 0 saturated heterocycles. The van der Waals surface area contributed by atoms with Gasteiger partial charge in [0.15, 0.2) is 0 Å². The fraction of sp³-hybridized carbons (Fsp3) is 0.871. The van der Waals surface area contributed by atoms with Crippen LogP contribution in [0, 0.1) is 16.7 Å². The summed E-state index contributed by atoms with van der Waals surface area (Å²) >= 11 is 0. The van der Waals surface area contributed by atoms with E-state index in [0.717, 1.165) is 62.5 Å². The quantitative estimate of drug-likeness (QED) is 0.100. The number of rotatable bonds is 18. The van der Waals surface area contributed by atoms with Crippen LogP contribution in [0.15, 0.2) is 26.9 Å². The first-order chi connectivity index (χ1) is 16.2. The number of aliphatic imine (C=N–C) groups is 2. The van der Waals surface area contributed by atoms with Crippen LogP contribution in [0.25, 0.3) is 0 Å². The Hall–Kier alpha value is -0.690. The summed E-state index contributed by atoms with van der Waals surface area (Å²) in [7, 11) is -1.73. The van der Waals surface area contributed by atoms with Crippen LogP contribution in [-0.2, 0) is 0 Å². The second kappa shape index (κ2) is 15.5. The van der Waals surface area contributed by atoms with E-state index in [2.05, 4.69) is 102 Å². The van der Waals surface area contributed by atoms with Crippen molar-refractivity contribution in [3.8, 4) is 0 Å². The zero-order valence-corrected chi connectivity index (χ0v) is 26.8. The van der Waals surface area contributed by atoms with E-state index in [0.29, 0.717) is 11.5 Å². The van der Waals surface area contributed by atoms with Gasteiger partial charge in [-0.2, -0.15) is 0 Å². The lowest BCUT2D eigenvalue weighted by atomic mass is 9.70. The van der Waals surface area contributed by atoms with Crippen LogP contribution >= 0.6 is 7.05 Å².